The van der Waals surface area contributed by atoms with E-state index in [4.69, 9.17) is 4.55 Å². The normalized spacial score (nSPS) is 39.1. The predicted molar refractivity (Wildman–Crippen MR) is 60.5 cm³/mol. The molecule has 4 unspecified atom stereocenters. The Morgan fingerprint density at radius 2 is 2.12 bits per heavy atom. The quantitative estimate of drug-likeness (QED) is 0.536. The molecule has 16 heavy (non-hydrogen) atoms. The average molecular weight is 244 g/mol. The molecule has 2 aliphatic carbocycles. The van der Waals surface area contributed by atoms with Crippen LogP contribution in [0.2, 0.25) is 0 Å². The lowest BCUT2D eigenvalue weighted by atomic mass is 9.72. The molecule has 0 saturated carbocycles. The van der Waals surface area contributed by atoms with Gasteiger partial charge in [-0.05, 0) is 25.7 Å². The molecule has 0 aromatic rings. The van der Waals surface area contributed by atoms with Crippen LogP contribution in [0.1, 0.15) is 19.8 Å². The Hall–Kier alpha value is -0.650. The number of rotatable bonds is 1. The third-order valence-electron chi connectivity index (χ3n) is 3.54. The van der Waals surface area contributed by atoms with Gasteiger partial charge in [0.15, 0.2) is 0 Å². The van der Waals surface area contributed by atoms with Gasteiger partial charge in [0.1, 0.15) is 5.25 Å². The van der Waals surface area contributed by atoms with E-state index in [2.05, 4.69) is 6.08 Å². The van der Waals surface area contributed by atoms with Crippen molar-refractivity contribution in [2.75, 3.05) is 0 Å². The van der Waals surface area contributed by atoms with Crippen LogP contribution in [0.3, 0.4) is 0 Å². The number of aliphatic hydroxyl groups excluding tert-OH is 1. The summed E-state index contributed by atoms with van der Waals surface area (Å²) in [5, 5.41) is 8.83. The maximum absolute atomic E-state index is 11.1. The molecule has 0 fully saturated rings. The first-order chi connectivity index (χ1) is 7.41. The summed E-state index contributed by atoms with van der Waals surface area (Å²) in [6.07, 6.45) is 6.15. The van der Waals surface area contributed by atoms with Crippen LogP contribution in [0.15, 0.2) is 23.8 Å². The summed E-state index contributed by atoms with van der Waals surface area (Å²) in [5.74, 6) is 0.0173. The summed E-state index contributed by atoms with van der Waals surface area (Å²) in [6.45, 7) is 1.84. The van der Waals surface area contributed by atoms with Gasteiger partial charge in [-0.1, -0.05) is 23.8 Å². The van der Waals surface area contributed by atoms with Crippen LogP contribution in [0.5, 0.6) is 0 Å². The van der Waals surface area contributed by atoms with Crippen molar-refractivity contribution in [2.24, 2.45) is 11.8 Å². The number of aliphatic hydroxyl groups is 1. The lowest BCUT2D eigenvalue weighted by molar-refractivity contribution is 0.0790. The first kappa shape index (κ1) is 11.8. The Labute approximate surface area is 95.4 Å². The van der Waals surface area contributed by atoms with Crippen LogP contribution in [0.25, 0.3) is 0 Å². The zero-order valence-electron chi connectivity index (χ0n) is 9.07. The second kappa shape index (κ2) is 3.98. The maximum Gasteiger partial charge on any atom is 0.274 e. The molecule has 0 radical (unpaired) electrons. The molecule has 90 valence electrons. The van der Waals surface area contributed by atoms with Gasteiger partial charge in [-0.15, -0.1) is 0 Å². The van der Waals surface area contributed by atoms with Crippen molar-refractivity contribution in [3.8, 4) is 0 Å². The maximum atomic E-state index is 11.1. The number of hydrogen-bond acceptors (Lipinski definition) is 3. The first-order valence-electron chi connectivity index (χ1n) is 5.40. The summed E-state index contributed by atoms with van der Waals surface area (Å²) in [7, 11) is -4.21. The minimum atomic E-state index is -4.21. The highest BCUT2D eigenvalue weighted by Crippen LogP contribution is 2.39. The second-order valence-corrected chi connectivity index (χ2v) is 6.15. The molecular weight excluding hydrogens is 228 g/mol. The predicted octanol–water partition coefficient (Wildman–Crippen LogP) is 1.15. The highest BCUT2D eigenvalue weighted by Gasteiger charge is 2.42. The molecule has 0 aromatic carbocycles. The summed E-state index contributed by atoms with van der Waals surface area (Å²) in [5.41, 5.74) is 0.911. The van der Waals surface area contributed by atoms with E-state index in [1.54, 1.807) is 0 Å². The number of allylic oxidation sites excluding steroid dienone is 3. The van der Waals surface area contributed by atoms with Crippen molar-refractivity contribution in [3.05, 3.63) is 23.8 Å². The van der Waals surface area contributed by atoms with E-state index in [0.29, 0.717) is 0 Å². The highest BCUT2D eigenvalue weighted by atomic mass is 32.2. The topological polar surface area (TPSA) is 74.6 Å². The van der Waals surface area contributed by atoms with E-state index in [0.717, 1.165) is 18.4 Å². The Morgan fingerprint density at radius 1 is 1.44 bits per heavy atom. The standard InChI is InChI=1S/C11H16O4S/c1-7-6-10(16(13,14)15)11(12)9-5-3-2-4-8(7)9/h2,4,6,8-12H,3,5H2,1H3,(H,13,14,15). The molecular formula is C11H16O4S. The molecule has 0 spiro atoms. The monoisotopic (exact) mass is 244 g/mol. The molecule has 4 nitrogen and oxygen atoms in total. The molecule has 2 N–H and O–H groups in total. The van der Waals surface area contributed by atoms with E-state index in [-0.39, 0.29) is 11.8 Å². The van der Waals surface area contributed by atoms with Crippen molar-refractivity contribution in [2.45, 2.75) is 31.1 Å². The number of hydrogen-bond donors (Lipinski definition) is 2. The summed E-state index contributed by atoms with van der Waals surface area (Å²) in [6, 6.07) is 0. The van der Waals surface area contributed by atoms with Crippen molar-refractivity contribution in [1.29, 1.82) is 0 Å². The van der Waals surface area contributed by atoms with Crippen molar-refractivity contribution < 1.29 is 18.1 Å². The lowest BCUT2D eigenvalue weighted by Gasteiger charge is -2.38. The Kier molecular flexibility index (Phi) is 2.94. The highest BCUT2D eigenvalue weighted by molar-refractivity contribution is 7.86. The second-order valence-electron chi connectivity index (χ2n) is 4.58. The minimum absolute atomic E-state index is 0.0954. The number of fused-ring (bicyclic) bond motifs is 1. The molecule has 5 heteroatoms. The Balaban J connectivity index is 2.41. The van der Waals surface area contributed by atoms with Crippen LogP contribution < -0.4 is 0 Å². The van der Waals surface area contributed by atoms with Crippen molar-refractivity contribution >= 4 is 10.1 Å². The Bertz CT molecular complexity index is 435. The van der Waals surface area contributed by atoms with Gasteiger partial charge in [0, 0.05) is 5.92 Å². The summed E-state index contributed by atoms with van der Waals surface area (Å²) in [4.78, 5) is 0. The van der Waals surface area contributed by atoms with Crippen LogP contribution >= 0.6 is 0 Å². The van der Waals surface area contributed by atoms with Gasteiger partial charge in [0.2, 0.25) is 0 Å². The molecule has 0 amide bonds. The lowest BCUT2D eigenvalue weighted by Crippen LogP contribution is -2.45. The van der Waals surface area contributed by atoms with Crippen molar-refractivity contribution in [3.63, 3.8) is 0 Å². The minimum Gasteiger partial charge on any atom is -0.391 e. The SMILES string of the molecule is CC1=CC(S(=O)(=O)O)C(O)C2CCC=CC12. The third-order valence-corrected chi connectivity index (χ3v) is 4.65. The molecule has 0 heterocycles. The molecule has 2 aliphatic rings. The van der Waals surface area contributed by atoms with E-state index >= 15 is 0 Å². The van der Waals surface area contributed by atoms with E-state index < -0.39 is 21.5 Å². The molecule has 2 rings (SSSR count). The van der Waals surface area contributed by atoms with Gasteiger partial charge >= 0.3 is 0 Å². The van der Waals surface area contributed by atoms with Gasteiger partial charge < -0.3 is 5.11 Å². The fraction of sp³-hybridized carbons (Fsp3) is 0.636. The van der Waals surface area contributed by atoms with Gasteiger partial charge in [-0.25, -0.2) is 0 Å². The van der Waals surface area contributed by atoms with Gasteiger partial charge in [-0.3, -0.25) is 4.55 Å². The van der Waals surface area contributed by atoms with Gasteiger partial charge in [0.25, 0.3) is 10.1 Å². The fourth-order valence-corrected chi connectivity index (χ4v) is 3.64. The van der Waals surface area contributed by atoms with Crippen LogP contribution in [0.4, 0.5) is 0 Å². The van der Waals surface area contributed by atoms with Crippen LogP contribution in [-0.2, 0) is 10.1 Å². The molecule has 0 saturated heterocycles. The smallest absolute Gasteiger partial charge is 0.274 e. The largest absolute Gasteiger partial charge is 0.391 e. The van der Waals surface area contributed by atoms with E-state index in [1.807, 2.05) is 13.0 Å². The van der Waals surface area contributed by atoms with E-state index in [9.17, 15) is 13.5 Å². The average Bonchev–Trinajstić information content (AvgIpc) is 2.22. The van der Waals surface area contributed by atoms with Gasteiger partial charge in [0.05, 0.1) is 6.10 Å². The zero-order valence-corrected chi connectivity index (χ0v) is 9.89. The Morgan fingerprint density at radius 3 is 2.75 bits per heavy atom. The summed E-state index contributed by atoms with van der Waals surface area (Å²) >= 11 is 0. The molecule has 4 atom stereocenters. The van der Waals surface area contributed by atoms with Crippen LogP contribution in [-0.4, -0.2) is 29.4 Å². The van der Waals surface area contributed by atoms with Crippen molar-refractivity contribution in [1.82, 2.24) is 0 Å². The zero-order chi connectivity index (χ0) is 11.9. The fourth-order valence-electron chi connectivity index (χ4n) is 2.70. The third kappa shape index (κ3) is 1.95. The first-order valence-corrected chi connectivity index (χ1v) is 6.91. The van der Waals surface area contributed by atoms with Crippen LogP contribution in [0, 0.1) is 11.8 Å². The van der Waals surface area contributed by atoms with E-state index in [1.165, 1.54) is 6.08 Å². The molecule has 0 bridgehead atoms. The summed E-state index contributed by atoms with van der Waals surface area (Å²) < 4.78 is 31.4. The molecule has 0 aromatic heterocycles. The molecule has 0 aliphatic heterocycles. The van der Waals surface area contributed by atoms with Gasteiger partial charge in [-0.2, -0.15) is 8.42 Å².